The molecule has 0 saturated carbocycles. The lowest BCUT2D eigenvalue weighted by Gasteiger charge is -2.32. The van der Waals surface area contributed by atoms with Crippen LogP contribution < -0.4 is 5.32 Å². The van der Waals surface area contributed by atoms with Crippen molar-refractivity contribution in [3.05, 3.63) is 42.0 Å². The highest BCUT2D eigenvalue weighted by atomic mass is 35.5. The summed E-state index contributed by atoms with van der Waals surface area (Å²) in [5, 5.41) is 3.41. The minimum Gasteiger partial charge on any atom is -0.314 e. The molecule has 1 N–H and O–H groups in total. The fourth-order valence-corrected chi connectivity index (χ4v) is 2.04. The van der Waals surface area contributed by atoms with Gasteiger partial charge in [-0.2, -0.15) is 0 Å². The largest absolute Gasteiger partial charge is 0.314 e. The lowest BCUT2D eigenvalue weighted by atomic mass is 10.2. The minimum atomic E-state index is 0. The second kappa shape index (κ2) is 7.49. The zero-order chi connectivity index (χ0) is 11.2. The fourth-order valence-electron chi connectivity index (χ4n) is 2.04. The van der Waals surface area contributed by atoms with Crippen molar-refractivity contribution >= 4 is 18.5 Å². The molecule has 94 valence electrons. The molecule has 0 aliphatic carbocycles. The van der Waals surface area contributed by atoms with Gasteiger partial charge < -0.3 is 5.32 Å². The predicted molar refractivity (Wildman–Crippen MR) is 76.6 cm³/mol. The molecule has 1 atom stereocenters. The Morgan fingerprint density at radius 2 is 2.12 bits per heavy atom. The van der Waals surface area contributed by atoms with E-state index in [1.807, 2.05) is 0 Å². The maximum Gasteiger partial charge on any atom is 0.0196 e. The maximum absolute atomic E-state index is 3.41. The van der Waals surface area contributed by atoms with Crippen LogP contribution in [0.15, 0.2) is 36.4 Å². The Kier molecular flexibility index (Phi) is 6.27. The first-order valence-corrected chi connectivity index (χ1v) is 6.02. The molecule has 1 fully saturated rings. The molecule has 1 aliphatic heterocycles. The van der Waals surface area contributed by atoms with E-state index < -0.39 is 0 Å². The van der Waals surface area contributed by atoms with Crippen LogP contribution in [0.5, 0.6) is 0 Å². The summed E-state index contributed by atoms with van der Waals surface area (Å²) in [6.45, 7) is 6.71. The molecule has 0 spiro atoms. The highest BCUT2D eigenvalue weighted by Gasteiger charge is 2.15. The van der Waals surface area contributed by atoms with Gasteiger partial charge in [0, 0.05) is 32.2 Å². The molecule has 1 saturated heterocycles. The van der Waals surface area contributed by atoms with Crippen LogP contribution in [-0.4, -0.2) is 37.1 Å². The molecule has 1 aromatic carbocycles. The number of nitrogens with zero attached hydrogens (tertiary/aromatic N) is 1. The van der Waals surface area contributed by atoms with E-state index in [1.54, 1.807) is 0 Å². The molecule has 0 radical (unpaired) electrons. The zero-order valence-corrected chi connectivity index (χ0v) is 11.1. The molecule has 0 bridgehead atoms. The minimum absolute atomic E-state index is 0. The van der Waals surface area contributed by atoms with Crippen LogP contribution in [0.3, 0.4) is 0 Å². The van der Waals surface area contributed by atoms with Gasteiger partial charge in [-0.15, -0.1) is 12.4 Å². The molecule has 0 amide bonds. The Labute approximate surface area is 110 Å². The van der Waals surface area contributed by atoms with Crippen molar-refractivity contribution in [3.8, 4) is 0 Å². The smallest absolute Gasteiger partial charge is 0.0196 e. The molecular weight excluding hydrogens is 232 g/mol. The van der Waals surface area contributed by atoms with Gasteiger partial charge in [0.1, 0.15) is 0 Å². The number of halogens is 1. The van der Waals surface area contributed by atoms with Gasteiger partial charge in [0.2, 0.25) is 0 Å². The number of hydrogen-bond donors (Lipinski definition) is 1. The van der Waals surface area contributed by atoms with Crippen molar-refractivity contribution in [1.82, 2.24) is 10.2 Å². The molecule has 0 unspecified atom stereocenters. The number of rotatable bonds is 3. The van der Waals surface area contributed by atoms with Gasteiger partial charge in [-0.05, 0) is 12.5 Å². The molecule has 2 nitrogen and oxygen atoms in total. The highest BCUT2D eigenvalue weighted by Crippen LogP contribution is 2.04. The second-order valence-corrected chi connectivity index (χ2v) is 4.36. The van der Waals surface area contributed by atoms with Crippen LogP contribution in [0.2, 0.25) is 0 Å². The summed E-state index contributed by atoms with van der Waals surface area (Å²) < 4.78 is 0. The second-order valence-electron chi connectivity index (χ2n) is 4.36. The first-order valence-electron chi connectivity index (χ1n) is 6.02. The summed E-state index contributed by atoms with van der Waals surface area (Å²) in [5.74, 6) is 0. The number of hydrogen-bond acceptors (Lipinski definition) is 2. The van der Waals surface area contributed by atoms with E-state index >= 15 is 0 Å². The van der Waals surface area contributed by atoms with E-state index in [2.05, 4.69) is 59.6 Å². The van der Waals surface area contributed by atoms with Gasteiger partial charge in [-0.3, -0.25) is 4.90 Å². The summed E-state index contributed by atoms with van der Waals surface area (Å²) in [6, 6.07) is 11.1. The molecule has 1 heterocycles. The third kappa shape index (κ3) is 4.50. The SMILES string of the molecule is C[C@@H]1CNCCN1C/C=C/c1ccccc1.Cl. The van der Waals surface area contributed by atoms with Crippen molar-refractivity contribution in [1.29, 1.82) is 0 Å². The quantitative estimate of drug-likeness (QED) is 0.889. The van der Waals surface area contributed by atoms with E-state index in [0.717, 1.165) is 26.2 Å². The zero-order valence-electron chi connectivity index (χ0n) is 10.3. The third-order valence-electron chi connectivity index (χ3n) is 3.09. The Bertz CT molecular complexity index is 337. The van der Waals surface area contributed by atoms with Crippen molar-refractivity contribution in [2.75, 3.05) is 26.2 Å². The summed E-state index contributed by atoms with van der Waals surface area (Å²) in [6.07, 6.45) is 4.46. The van der Waals surface area contributed by atoms with Crippen LogP contribution in [0.4, 0.5) is 0 Å². The molecular formula is C14H21ClN2. The van der Waals surface area contributed by atoms with Gasteiger partial charge in [-0.25, -0.2) is 0 Å². The van der Waals surface area contributed by atoms with Crippen molar-refractivity contribution in [3.63, 3.8) is 0 Å². The standard InChI is InChI=1S/C14H20N2.ClH/c1-13-12-15-9-11-16(13)10-5-8-14-6-3-2-4-7-14;/h2-8,13,15H,9-12H2,1H3;1H/b8-5+;/t13-;/m1./s1. The molecule has 1 aromatic rings. The van der Waals surface area contributed by atoms with Crippen molar-refractivity contribution in [2.24, 2.45) is 0 Å². The Morgan fingerprint density at radius 3 is 2.82 bits per heavy atom. The normalized spacial score (nSPS) is 21.4. The van der Waals surface area contributed by atoms with E-state index in [9.17, 15) is 0 Å². The van der Waals surface area contributed by atoms with Gasteiger partial charge in [0.15, 0.2) is 0 Å². The third-order valence-corrected chi connectivity index (χ3v) is 3.09. The van der Waals surface area contributed by atoms with Crippen LogP contribution in [-0.2, 0) is 0 Å². The fraction of sp³-hybridized carbons (Fsp3) is 0.429. The first-order chi connectivity index (χ1) is 7.86. The molecule has 0 aromatic heterocycles. The molecule has 2 rings (SSSR count). The van der Waals surface area contributed by atoms with Gasteiger partial charge in [0.05, 0.1) is 0 Å². The summed E-state index contributed by atoms with van der Waals surface area (Å²) >= 11 is 0. The summed E-state index contributed by atoms with van der Waals surface area (Å²) in [4.78, 5) is 2.51. The lowest BCUT2D eigenvalue weighted by molar-refractivity contribution is 0.193. The number of piperazine rings is 1. The summed E-state index contributed by atoms with van der Waals surface area (Å²) in [5.41, 5.74) is 1.28. The first kappa shape index (κ1) is 14.2. The van der Waals surface area contributed by atoms with Crippen LogP contribution >= 0.6 is 12.4 Å². The Balaban J connectivity index is 0.00000144. The van der Waals surface area contributed by atoms with Gasteiger partial charge in [0.25, 0.3) is 0 Å². The predicted octanol–water partition coefficient (Wildman–Crippen LogP) is 2.42. The Morgan fingerprint density at radius 1 is 1.35 bits per heavy atom. The van der Waals surface area contributed by atoms with E-state index in [1.165, 1.54) is 5.56 Å². The van der Waals surface area contributed by atoms with Crippen molar-refractivity contribution < 1.29 is 0 Å². The monoisotopic (exact) mass is 252 g/mol. The van der Waals surface area contributed by atoms with Crippen molar-refractivity contribution in [2.45, 2.75) is 13.0 Å². The Hall–Kier alpha value is -0.830. The highest BCUT2D eigenvalue weighted by molar-refractivity contribution is 5.85. The van der Waals surface area contributed by atoms with Crippen LogP contribution in [0.1, 0.15) is 12.5 Å². The topological polar surface area (TPSA) is 15.3 Å². The average Bonchev–Trinajstić information content (AvgIpc) is 2.33. The van der Waals surface area contributed by atoms with E-state index in [0.29, 0.717) is 6.04 Å². The molecule has 3 heteroatoms. The lowest BCUT2D eigenvalue weighted by Crippen LogP contribution is -2.49. The van der Waals surface area contributed by atoms with Crippen LogP contribution in [0.25, 0.3) is 6.08 Å². The van der Waals surface area contributed by atoms with Crippen LogP contribution in [0, 0.1) is 0 Å². The molecule has 17 heavy (non-hydrogen) atoms. The van der Waals surface area contributed by atoms with Gasteiger partial charge in [-0.1, -0.05) is 42.5 Å². The maximum atomic E-state index is 3.41. The molecule has 1 aliphatic rings. The number of benzene rings is 1. The van der Waals surface area contributed by atoms with E-state index in [-0.39, 0.29) is 12.4 Å². The average molecular weight is 253 g/mol. The van der Waals surface area contributed by atoms with Gasteiger partial charge >= 0.3 is 0 Å². The summed E-state index contributed by atoms with van der Waals surface area (Å²) in [7, 11) is 0. The van der Waals surface area contributed by atoms with E-state index in [4.69, 9.17) is 0 Å². The number of nitrogens with one attached hydrogen (secondary N) is 1.